The van der Waals surface area contributed by atoms with Crippen molar-refractivity contribution >= 4 is 33.9 Å². The van der Waals surface area contributed by atoms with Gasteiger partial charge in [0.15, 0.2) is 5.78 Å². The van der Waals surface area contributed by atoms with Crippen molar-refractivity contribution in [3.8, 4) is 0 Å². The topological polar surface area (TPSA) is 95.6 Å². The van der Waals surface area contributed by atoms with Crippen molar-refractivity contribution in [2.75, 3.05) is 19.6 Å². The van der Waals surface area contributed by atoms with E-state index in [1.54, 1.807) is 30.3 Å². The maximum absolute atomic E-state index is 13.3. The zero-order valence-corrected chi connectivity index (χ0v) is 24.4. The highest BCUT2D eigenvalue weighted by Crippen LogP contribution is 2.17. The number of nitrogens with one attached hydrogen (secondary N) is 2. The fraction of sp³-hybridized carbons (Fsp3) is 0.333. The number of sulfonamides is 1. The standard InChI is InChI=1S/C33H39N3O4S/c1-2-3-15-31(32(37)24-34-41(39,40)29-12-5-4-6-13-29)35-33(38)30-14-8-7-11-28(30)21-20-26-16-18-27(19-17-26)25-36-22-9-10-23-36/h4-8,11-14,16-21,31,34H,2-3,9-10,15,22-25H2,1H3,(H,35,38). The number of unbranched alkanes of at least 4 members (excludes halogenated alkanes) is 1. The van der Waals surface area contributed by atoms with Gasteiger partial charge >= 0.3 is 0 Å². The van der Waals surface area contributed by atoms with E-state index in [0.29, 0.717) is 12.0 Å². The van der Waals surface area contributed by atoms with Crippen LogP contribution in [0.4, 0.5) is 0 Å². The van der Waals surface area contributed by atoms with Crippen molar-refractivity contribution in [2.45, 2.75) is 56.5 Å². The molecule has 1 amide bonds. The first-order valence-corrected chi connectivity index (χ1v) is 15.8. The number of hydrogen-bond donors (Lipinski definition) is 2. The maximum Gasteiger partial charge on any atom is 0.252 e. The average Bonchev–Trinajstić information content (AvgIpc) is 3.51. The molecule has 216 valence electrons. The number of ketones is 1. The predicted molar refractivity (Wildman–Crippen MR) is 164 cm³/mol. The van der Waals surface area contributed by atoms with Crippen molar-refractivity contribution in [1.82, 2.24) is 14.9 Å². The first kappa shape index (κ1) is 30.4. The summed E-state index contributed by atoms with van der Waals surface area (Å²) in [7, 11) is -3.83. The van der Waals surface area contributed by atoms with Crippen LogP contribution in [0.2, 0.25) is 0 Å². The van der Waals surface area contributed by atoms with E-state index < -0.39 is 22.6 Å². The molecule has 1 atom stereocenters. The van der Waals surface area contributed by atoms with Crippen LogP contribution in [-0.4, -0.2) is 50.7 Å². The van der Waals surface area contributed by atoms with Crippen molar-refractivity contribution in [2.24, 2.45) is 0 Å². The van der Waals surface area contributed by atoms with E-state index in [4.69, 9.17) is 0 Å². The molecule has 1 unspecified atom stereocenters. The molecule has 3 aromatic carbocycles. The number of amides is 1. The monoisotopic (exact) mass is 573 g/mol. The number of carbonyl (C=O) groups is 2. The molecule has 1 fully saturated rings. The van der Waals surface area contributed by atoms with Crippen LogP contribution in [0.3, 0.4) is 0 Å². The van der Waals surface area contributed by atoms with E-state index in [0.717, 1.165) is 43.6 Å². The summed E-state index contributed by atoms with van der Waals surface area (Å²) in [5, 5.41) is 2.86. The van der Waals surface area contributed by atoms with Crippen LogP contribution in [0.5, 0.6) is 0 Å². The molecule has 7 nitrogen and oxygen atoms in total. The third-order valence-corrected chi connectivity index (χ3v) is 8.69. The van der Waals surface area contributed by atoms with Gasteiger partial charge in [-0.2, -0.15) is 0 Å². The SMILES string of the molecule is CCCCC(NC(=O)c1ccccc1C=Cc1ccc(CN2CCCC2)cc1)C(=O)CNS(=O)(=O)c1ccccc1. The highest BCUT2D eigenvalue weighted by atomic mass is 32.2. The lowest BCUT2D eigenvalue weighted by atomic mass is 10.0. The number of Topliss-reactive ketones (excluding diaryl/α,β-unsaturated/α-hetero) is 1. The molecule has 0 aromatic heterocycles. The van der Waals surface area contributed by atoms with Gasteiger partial charge < -0.3 is 5.32 Å². The summed E-state index contributed by atoms with van der Waals surface area (Å²) in [6.07, 6.45) is 8.41. The lowest BCUT2D eigenvalue weighted by molar-refractivity contribution is -0.120. The summed E-state index contributed by atoms with van der Waals surface area (Å²) in [6, 6.07) is 22.8. The summed E-state index contributed by atoms with van der Waals surface area (Å²) >= 11 is 0. The molecule has 1 aliphatic rings. The van der Waals surface area contributed by atoms with Crippen molar-refractivity contribution < 1.29 is 18.0 Å². The summed E-state index contributed by atoms with van der Waals surface area (Å²) in [5.74, 6) is -0.750. The molecule has 1 heterocycles. The second-order valence-electron chi connectivity index (χ2n) is 10.4. The van der Waals surface area contributed by atoms with Crippen LogP contribution in [0.15, 0.2) is 83.8 Å². The van der Waals surface area contributed by atoms with Crippen LogP contribution in [0, 0.1) is 0 Å². The van der Waals surface area contributed by atoms with Crippen LogP contribution in [0.25, 0.3) is 12.2 Å². The number of nitrogens with zero attached hydrogens (tertiary/aromatic N) is 1. The molecule has 0 spiro atoms. The Hall–Kier alpha value is -3.59. The van der Waals surface area contributed by atoms with Gasteiger partial charge in [0.2, 0.25) is 10.0 Å². The summed E-state index contributed by atoms with van der Waals surface area (Å²) < 4.78 is 27.5. The molecule has 3 aromatic rings. The molecule has 0 aliphatic carbocycles. The minimum absolute atomic E-state index is 0.0869. The quantitative estimate of drug-likeness (QED) is 0.256. The van der Waals surface area contributed by atoms with Gasteiger partial charge in [-0.15, -0.1) is 0 Å². The molecule has 1 saturated heterocycles. The Morgan fingerprint density at radius 3 is 2.29 bits per heavy atom. The second-order valence-corrected chi connectivity index (χ2v) is 12.2. The third-order valence-electron chi connectivity index (χ3n) is 7.28. The molecule has 0 radical (unpaired) electrons. The molecular formula is C33H39N3O4S. The van der Waals surface area contributed by atoms with Crippen molar-refractivity contribution in [3.05, 3.63) is 101 Å². The second kappa shape index (κ2) is 14.9. The van der Waals surface area contributed by atoms with E-state index in [-0.39, 0.29) is 16.6 Å². The zero-order chi connectivity index (χ0) is 29.1. The van der Waals surface area contributed by atoms with E-state index in [9.17, 15) is 18.0 Å². The normalized spacial score (nSPS) is 14.8. The Kier molecular flexibility index (Phi) is 11.0. The first-order valence-electron chi connectivity index (χ1n) is 14.3. The van der Waals surface area contributed by atoms with E-state index in [2.05, 4.69) is 39.2 Å². The minimum Gasteiger partial charge on any atom is -0.342 e. The van der Waals surface area contributed by atoms with Gasteiger partial charge in [-0.05, 0) is 67.2 Å². The highest BCUT2D eigenvalue weighted by molar-refractivity contribution is 7.89. The zero-order valence-electron chi connectivity index (χ0n) is 23.6. The van der Waals surface area contributed by atoms with Gasteiger partial charge in [0.05, 0.1) is 17.5 Å². The molecule has 41 heavy (non-hydrogen) atoms. The molecule has 0 saturated carbocycles. The number of carbonyl (C=O) groups excluding carboxylic acids is 2. The number of hydrogen-bond acceptors (Lipinski definition) is 5. The molecular weight excluding hydrogens is 534 g/mol. The van der Waals surface area contributed by atoms with Gasteiger partial charge in [0.25, 0.3) is 5.91 Å². The Balaban J connectivity index is 1.41. The molecule has 8 heteroatoms. The first-order chi connectivity index (χ1) is 19.9. The van der Waals surface area contributed by atoms with Crippen LogP contribution >= 0.6 is 0 Å². The van der Waals surface area contributed by atoms with Gasteiger partial charge in [-0.1, -0.05) is 92.6 Å². The van der Waals surface area contributed by atoms with Gasteiger partial charge in [0.1, 0.15) is 0 Å². The smallest absolute Gasteiger partial charge is 0.252 e. The van der Waals surface area contributed by atoms with E-state index >= 15 is 0 Å². The molecule has 0 bridgehead atoms. The predicted octanol–water partition coefficient (Wildman–Crippen LogP) is 5.29. The maximum atomic E-state index is 13.3. The summed E-state index contributed by atoms with van der Waals surface area (Å²) in [4.78, 5) is 29.0. The van der Waals surface area contributed by atoms with Crippen LogP contribution in [-0.2, 0) is 21.4 Å². The highest BCUT2D eigenvalue weighted by Gasteiger charge is 2.24. The Labute approximate surface area is 243 Å². The Morgan fingerprint density at radius 2 is 1.59 bits per heavy atom. The lowest BCUT2D eigenvalue weighted by Gasteiger charge is -2.19. The number of rotatable bonds is 14. The van der Waals surface area contributed by atoms with Crippen molar-refractivity contribution in [3.63, 3.8) is 0 Å². The Bertz CT molecular complexity index is 1430. The van der Waals surface area contributed by atoms with E-state index in [1.165, 1.54) is 30.5 Å². The van der Waals surface area contributed by atoms with Crippen LogP contribution in [0.1, 0.15) is 66.1 Å². The summed E-state index contributed by atoms with van der Waals surface area (Å²) in [6.45, 7) is 4.89. The van der Waals surface area contributed by atoms with Gasteiger partial charge in [-0.25, -0.2) is 13.1 Å². The Morgan fingerprint density at radius 1 is 0.902 bits per heavy atom. The third kappa shape index (κ3) is 8.95. The van der Waals surface area contributed by atoms with Gasteiger partial charge in [0, 0.05) is 12.1 Å². The average molecular weight is 574 g/mol. The lowest BCUT2D eigenvalue weighted by Crippen LogP contribution is -2.45. The minimum atomic E-state index is -3.83. The van der Waals surface area contributed by atoms with Crippen molar-refractivity contribution in [1.29, 1.82) is 0 Å². The van der Waals surface area contributed by atoms with Crippen LogP contribution < -0.4 is 10.0 Å². The fourth-order valence-corrected chi connectivity index (χ4v) is 5.91. The molecule has 1 aliphatic heterocycles. The molecule has 4 rings (SSSR count). The van der Waals surface area contributed by atoms with E-state index in [1.807, 2.05) is 31.2 Å². The largest absolute Gasteiger partial charge is 0.342 e. The fourth-order valence-electron chi connectivity index (χ4n) is 4.90. The number of benzene rings is 3. The summed E-state index contributed by atoms with van der Waals surface area (Å²) in [5.41, 5.74) is 3.51. The van der Waals surface area contributed by atoms with Gasteiger partial charge in [-0.3, -0.25) is 14.5 Å². The number of likely N-dealkylation sites (tertiary alicyclic amines) is 1. The molecule has 2 N–H and O–H groups in total.